The van der Waals surface area contributed by atoms with Gasteiger partial charge in [0.25, 0.3) is 0 Å². The maximum Gasteiger partial charge on any atom is 0.325 e. The Morgan fingerprint density at radius 3 is 2.65 bits per heavy atom. The second kappa shape index (κ2) is 7.70. The zero-order chi connectivity index (χ0) is 18.7. The van der Waals surface area contributed by atoms with Gasteiger partial charge in [-0.1, -0.05) is 12.1 Å². The molecular formula is C19H24N4O3. The molecule has 1 fully saturated rings. The van der Waals surface area contributed by atoms with Crippen LogP contribution in [0.4, 0.5) is 0 Å². The van der Waals surface area contributed by atoms with Crippen LogP contribution in [0, 0.1) is 6.92 Å². The molecule has 7 nitrogen and oxygen atoms in total. The molecule has 1 N–H and O–H groups in total. The smallest absolute Gasteiger partial charge is 0.325 e. The van der Waals surface area contributed by atoms with Gasteiger partial charge in [0.2, 0.25) is 5.91 Å². The Labute approximate surface area is 152 Å². The molecule has 1 aliphatic heterocycles. The Hall–Kier alpha value is -2.67. The molecule has 26 heavy (non-hydrogen) atoms. The number of amides is 1. The van der Waals surface area contributed by atoms with Crippen LogP contribution in [0.5, 0.6) is 0 Å². The van der Waals surface area contributed by atoms with Crippen LogP contribution in [0.15, 0.2) is 36.7 Å². The first-order chi connectivity index (χ1) is 12.5. The second-order valence-corrected chi connectivity index (χ2v) is 6.65. The lowest BCUT2D eigenvalue weighted by molar-refractivity contribution is -0.143. The minimum absolute atomic E-state index is 0.0336. The fourth-order valence-electron chi connectivity index (χ4n) is 3.49. The number of hydrogen-bond acceptors (Lipinski definition) is 4. The quantitative estimate of drug-likeness (QED) is 0.905. The molecule has 1 saturated heterocycles. The maximum absolute atomic E-state index is 12.2. The summed E-state index contributed by atoms with van der Waals surface area (Å²) >= 11 is 0. The summed E-state index contributed by atoms with van der Waals surface area (Å²) in [7, 11) is 0. The Bertz CT molecular complexity index is 788. The molecule has 138 valence electrons. The number of rotatable bonds is 4. The average Bonchev–Trinajstić information content (AvgIpc) is 3.01. The van der Waals surface area contributed by atoms with E-state index < -0.39 is 12.0 Å². The molecule has 1 aromatic carbocycles. The van der Waals surface area contributed by atoms with E-state index in [2.05, 4.69) is 5.10 Å². The average molecular weight is 356 g/mol. The highest BCUT2D eigenvalue weighted by molar-refractivity contribution is 5.77. The van der Waals surface area contributed by atoms with Gasteiger partial charge in [-0.3, -0.25) is 14.5 Å². The molecule has 0 aliphatic carbocycles. The maximum atomic E-state index is 12.2. The molecular weight excluding hydrogens is 332 g/mol. The van der Waals surface area contributed by atoms with Crippen LogP contribution in [-0.2, 0) is 9.59 Å². The van der Waals surface area contributed by atoms with Crippen molar-refractivity contribution < 1.29 is 14.7 Å². The van der Waals surface area contributed by atoms with Crippen molar-refractivity contribution in [2.75, 3.05) is 26.2 Å². The van der Waals surface area contributed by atoms with Gasteiger partial charge in [-0.15, -0.1) is 0 Å². The number of aromatic nitrogens is 2. The molecule has 0 bridgehead atoms. The normalized spacial score (nSPS) is 16.9. The van der Waals surface area contributed by atoms with Gasteiger partial charge in [0.1, 0.15) is 6.04 Å². The number of hydrogen-bond donors (Lipinski definition) is 1. The number of carboxylic acid groups (broad SMARTS) is 1. The number of carbonyl (C=O) groups excluding carboxylic acids is 1. The number of aryl methyl sites for hydroxylation is 1. The highest BCUT2D eigenvalue weighted by Crippen LogP contribution is 2.29. The summed E-state index contributed by atoms with van der Waals surface area (Å²) in [6.07, 6.45) is 4.25. The van der Waals surface area contributed by atoms with Crippen molar-refractivity contribution in [1.82, 2.24) is 19.6 Å². The molecule has 1 aromatic heterocycles. The van der Waals surface area contributed by atoms with Crippen LogP contribution in [0.3, 0.4) is 0 Å². The van der Waals surface area contributed by atoms with Gasteiger partial charge < -0.3 is 10.0 Å². The van der Waals surface area contributed by atoms with Crippen molar-refractivity contribution in [3.63, 3.8) is 0 Å². The summed E-state index contributed by atoms with van der Waals surface area (Å²) in [4.78, 5) is 27.6. The van der Waals surface area contributed by atoms with Crippen LogP contribution in [0.25, 0.3) is 5.69 Å². The van der Waals surface area contributed by atoms with E-state index in [-0.39, 0.29) is 5.91 Å². The Balaban J connectivity index is 1.96. The third-order valence-corrected chi connectivity index (χ3v) is 4.81. The van der Waals surface area contributed by atoms with Crippen LogP contribution in [-0.4, -0.2) is 62.7 Å². The van der Waals surface area contributed by atoms with E-state index >= 15 is 0 Å². The molecule has 1 aliphatic rings. The Kier molecular flexibility index (Phi) is 5.37. The summed E-state index contributed by atoms with van der Waals surface area (Å²) in [5.41, 5.74) is 2.53. The first-order valence-electron chi connectivity index (χ1n) is 8.80. The van der Waals surface area contributed by atoms with E-state index in [1.165, 1.54) is 0 Å². The molecule has 0 saturated carbocycles. The fourth-order valence-corrected chi connectivity index (χ4v) is 3.49. The summed E-state index contributed by atoms with van der Waals surface area (Å²) in [6, 6.07) is 6.80. The lowest BCUT2D eigenvalue weighted by Gasteiger charge is -2.29. The zero-order valence-corrected chi connectivity index (χ0v) is 15.1. The van der Waals surface area contributed by atoms with Gasteiger partial charge >= 0.3 is 5.97 Å². The number of carbonyl (C=O) groups is 2. The van der Waals surface area contributed by atoms with E-state index in [0.717, 1.165) is 17.7 Å². The largest absolute Gasteiger partial charge is 0.480 e. The summed E-state index contributed by atoms with van der Waals surface area (Å²) < 4.78 is 1.71. The van der Waals surface area contributed by atoms with E-state index in [0.29, 0.717) is 31.7 Å². The molecule has 3 rings (SSSR count). The molecule has 0 spiro atoms. The Morgan fingerprint density at radius 2 is 2.00 bits per heavy atom. The minimum atomic E-state index is -0.890. The van der Waals surface area contributed by atoms with Crippen LogP contribution >= 0.6 is 0 Å². The molecule has 7 heteroatoms. The second-order valence-electron chi connectivity index (χ2n) is 6.65. The molecule has 0 unspecified atom stereocenters. The first kappa shape index (κ1) is 18.1. The summed E-state index contributed by atoms with van der Waals surface area (Å²) in [5, 5.41) is 14.3. The molecule has 1 atom stereocenters. The molecule has 2 heterocycles. The summed E-state index contributed by atoms with van der Waals surface area (Å²) in [5.74, 6) is -0.857. The standard InChI is InChI=1S/C19H24N4O3/c1-14-5-6-16(17(13-14)23-10-3-7-20-23)18(19(25)26)22-9-4-8-21(11-12-22)15(2)24/h3,5-7,10,13,18H,4,8-9,11-12H2,1-2H3,(H,25,26)/t18-/m0/s1. The number of nitrogens with zero attached hydrogens (tertiary/aromatic N) is 4. The van der Waals surface area contributed by atoms with E-state index in [1.807, 2.05) is 42.3 Å². The lowest BCUT2D eigenvalue weighted by atomic mass is 10.0. The van der Waals surface area contributed by atoms with Crippen molar-refractivity contribution in [2.45, 2.75) is 26.3 Å². The highest BCUT2D eigenvalue weighted by Gasteiger charge is 2.31. The topological polar surface area (TPSA) is 78.7 Å². The number of carboxylic acids is 1. The summed E-state index contributed by atoms with van der Waals surface area (Å²) in [6.45, 7) is 5.90. The third-order valence-electron chi connectivity index (χ3n) is 4.81. The predicted molar refractivity (Wildman–Crippen MR) is 97.1 cm³/mol. The lowest BCUT2D eigenvalue weighted by Crippen LogP contribution is -2.38. The van der Waals surface area contributed by atoms with Crippen LogP contribution in [0.2, 0.25) is 0 Å². The van der Waals surface area contributed by atoms with E-state index in [9.17, 15) is 14.7 Å². The number of benzene rings is 1. The van der Waals surface area contributed by atoms with Crippen LogP contribution in [0.1, 0.15) is 30.5 Å². The van der Waals surface area contributed by atoms with Gasteiger partial charge in [0, 0.05) is 51.1 Å². The van der Waals surface area contributed by atoms with Crippen molar-refractivity contribution in [2.24, 2.45) is 0 Å². The van der Waals surface area contributed by atoms with Gasteiger partial charge in [0.15, 0.2) is 0 Å². The zero-order valence-electron chi connectivity index (χ0n) is 15.1. The van der Waals surface area contributed by atoms with Crippen LogP contribution < -0.4 is 0 Å². The highest BCUT2D eigenvalue weighted by atomic mass is 16.4. The SMILES string of the molecule is CC(=O)N1CCCN([C@H](C(=O)O)c2ccc(C)cc2-n2cccn2)CC1. The van der Waals surface area contributed by atoms with Crippen molar-refractivity contribution in [3.8, 4) is 5.69 Å². The van der Waals surface area contributed by atoms with Crippen molar-refractivity contribution >= 4 is 11.9 Å². The number of aliphatic carboxylic acids is 1. The predicted octanol–water partition coefficient (Wildman–Crippen LogP) is 1.86. The first-order valence-corrected chi connectivity index (χ1v) is 8.80. The van der Waals surface area contributed by atoms with E-state index in [4.69, 9.17) is 0 Å². The van der Waals surface area contributed by atoms with Crippen molar-refractivity contribution in [1.29, 1.82) is 0 Å². The van der Waals surface area contributed by atoms with Crippen molar-refractivity contribution in [3.05, 3.63) is 47.8 Å². The molecule has 0 radical (unpaired) electrons. The van der Waals surface area contributed by atoms with Gasteiger partial charge in [0.05, 0.1) is 5.69 Å². The Morgan fingerprint density at radius 1 is 1.19 bits per heavy atom. The minimum Gasteiger partial charge on any atom is -0.480 e. The monoisotopic (exact) mass is 356 g/mol. The van der Waals surface area contributed by atoms with Gasteiger partial charge in [-0.25, -0.2) is 4.68 Å². The molecule has 2 aromatic rings. The molecule has 1 amide bonds. The van der Waals surface area contributed by atoms with E-state index in [1.54, 1.807) is 22.7 Å². The van der Waals surface area contributed by atoms with Gasteiger partial charge in [-0.05, 0) is 31.0 Å². The fraction of sp³-hybridized carbons (Fsp3) is 0.421. The third kappa shape index (κ3) is 3.77. The van der Waals surface area contributed by atoms with Gasteiger partial charge in [-0.2, -0.15) is 5.10 Å².